The molecule has 1 rings (SSSR count). The van der Waals surface area contributed by atoms with Crippen molar-refractivity contribution in [2.75, 3.05) is 6.61 Å². The molecule has 5 atom stereocenters. The Bertz CT molecular complexity index is 188. The van der Waals surface area contributed by atoms with Crippen molar-refractivity contribution in [3.8, 4) is 0 Å². The van der Waals surface area contributed by atoms with Gasteiger partial charge in [0, 0.05) is 0 Å². The number of ether oxygens (including phenoxy) is 1. The normalized spacial score (nSPS) is 41.8. The predicted octanol–water partition coefficient (Wildman–Crippen LogP) is -1.01. The Morgan fingerprint density at radius 2 is 1.87 bits per heavy atom. The monoisotopic (exact) mass is 219 g/mol. The van der Waals surface area contributed by atoms with E-state index in [0.29, 0.717) is 0 Å². The summed E-state index contributed by atoms with van der Waals surface area (Å²) in [5, 5.41) is 28.2. The van der Waals surface area contributed by atoms with E-state index in [-0.39, 0.29) is 12.7 Å². The van der Waals surface area contributed by atoms with Gasteiger partial charge in [-0.1, -0.05) is 19.8 Å². The lowest BCUT2D eigenvalue weighted by Gasteiger charge is -2.40. The van der Waals surface area contributed by atoms with Gasteiger partial charge < -0.3 is 25.8 Å². The van der Waals surface area contributed by atoms with Crippen LogP contribution in [0.3, 0.4) is 0 Å². The zero-order valence-electron chi connectivity index (χ0n) is 9.04. The van der Waals surface area contributed by atoms with Gasteiger partial charge in [-0.05, 0) is 6.42 Å². The van der Waals surface area contributed by atoms with Crippen LogP contribution in [0.5, 0.6) is 0 Å². The topological polar surface area (TPSA) is 95.9 Å². The van der Waals surface area contributed by atoms with E-state index in [1.807, 2.05) is 0 Å². The van der Waals surface area contributed by atoms with Crippen LogP contribution < -0.4 is 5.73 Å². The smallest absolute Gasteiger partial charge is 0.110 e. The van der Waals surface area contributed by atoms with Crippen molar-refractivity contribution in [3.63, 3.8) is 0 Å². The van der Waals surface area contributed by atoms with Crippen molar-refractivity contribution in [1.82, 2.24) is 0 Å². The molecule has 0 aromatic heterocycles. The summed E-state index contributed by atoms with van der Waals surface area (Å²) >= 11 is 0. The Kier molecular flexibility index (Phi) is 4.95. The van der Waals surface area contributed by atoms with Crippen LogP contribution in [0.25, 0.3) is 0 Å². The average Bonchev–Trinajstić information content (AvgIpc) is 2.25. The molecule has 0 radical (unpaired) electrons. The van der Waals surface area contributed by atoms with E-state index in [4.69, 9.17) is 15.6 Å². The van der Waals surface area contributed by atoms with Gasteiger partial charge in [0.25, 0.3) is 0 Å². The van der Waals surface area contributed by atoms with Crippen LogP contribution in [0.4, 0.5) is 0 Å². The van der Waals surface area contributed by atoms with Crippen LogP contribution in [0.1, 0.15) is 26.2 Å². The third kappa shape index (κ3) is 2.89. The number of nitrogens with two attached hydrogens (primary N) is 1. The molecule has 1 aliphatic rings. The second-order valence-electron chi connectivity index (χ2n) is 4.10. The summed E-state index contributed by atoms with van der Waals surface area (Å²) in [5.74, 6) is 0. The SMILES string of the molecule is CCCCC1OC(CO)C(O)C(O)C1N. The van der Waals surface area contributed by atoms with Crippen molar-refractivity contribution in [3.05, 3.63) is 0 Å². The molecule has 0 aromatic rings. The number of hydrogen-bond donors (Lipinski definition) is 4. The highest BCUT2D eigenvalue weighted by molar-refractivity contribution is 4.94. The molecule has 0 bridgehead atoms. The summed E-state index contributed by atoms with van der Waals surface area (Å²) in [5.41, 5.74) is 5.75. The molecule has 0 amide bonds. The van der Waals surface area contributed by atoms with Crippen LogP contribution in [-0.4, -0.2) is 52.4 Å². The first-order valence-electron chi connectivity index (χ1n) is 5.49. The van der Waals surface area contributed by atoms with Gasteiger partial charge in [0.05, 0.1) is 18.8 Å². The standard InChI is InChI=1S/C10H21NO4/c1-2-3-4-6-8(11)10(14)9(13)7(5-12)15-6/h6-10,12-14H,2-5,11H2,1H3. The molecule has 0 aliphatic carbocycles. The molecule has 5 heteroatoms. The third-order valence-corrected chi connectivity index (χ3v) is 2.93. The van der Waals surface area contributed by atoms with Gasteiger partial charge in [-0.25, -0.2) is 0 Å². The summed E-state index contributed by atoms with van der Waals surface area (Å²) in [4.78, 5) is 0. The van der Waals surface area contributed by atoms with E-state index >= 15 is 0 Å². The number of hydrogen-bond acceptors (Lipinski definition) is 5. The lowest BCUT2D eigenvalue weighted by Crippen LogP contribution is -2.61. The zero-order chi connectivity index (χ0) is 11.4. The molecular weight excluding hydrogens is 198 g/mol. The van der Waals surface area contributed by atoms with Gasteiger partial charge in [-0.15, -0.1) is 0 Å². The minimum atomic E-state index is -1.09. The molecular formula is C10H21NO4. The Balaban J connectivity index is 2.57. The molecule has 5 N–H and O–H groups in total. The average molecular weight is 219 g/mol. The fourth-order valence-corrected chi connectivity index (χ4v) is 1.88. The zero-order valence-corrected chi connectivity index (χ0v) is 9.04. The highest BCUT2D eigenvalue weighted by atomic mass is 16.5. The summed E-state index contributed by atoms with van der Waals surface area (Å²) in [6.45, 7) is 1.76. The molecule has 90 valence electrons. The molecule has 1 saturated heterocycles. The predicted molar refractivity (Wildman–Crippen MR) is 55.3 cm³/mol. The van der Waals surface area contributed by atoms with Crippen molar-refractivity contribution in [2.45, 2.75) is 56.6 Å². The molecule has 0 saturated carbocycles. The van der Waals surface area contributed by atoms with Gasteiger partial charge >= 0.3 is 0 Å². The van der Waals surface area contributed by atoms with Crippen LogP contribution in [-0.2, 0) is 4.74 Å². The molecule has 1 aliphatic heterocycles. The lowest BCUT2D eigenvalue weighted by atomic mass is 9.91. The maximum absolute atomic E-state index is 9.65. The maximum atomic E-state index is 9.65. The second-order valence-corrected chi connectivity index (χ2v) is 4.10. The first-order valence-corrected chi connectivity index (χ1v) is 5.49. The largest absolute Gasteiger partial charge is 0.394 e. The fraction of sp³-hybridized carbons (Fsp3) is 1.00. The van der Waals surface area contributed by atoms with Crippen molar-refractivity contribution < 1.29 is 20.1 Å². The number of unbranched alkanes of at least 4 members (excludes halogenated alkanes) is 1. The molecule has 0 spiro atoms. The van der Waals surface area contributed by atoms with Crippen LogP contribution >= 0.6 is 0 Å². The quantitative estimate of drug-likeness (QED) is 0.485. The first kappa shape index (κ1) is 12.9. The van der Waals surface area contributed by atoms with E-state index in [1.54, 1.807) is 0 Å². The van der Waals surface area contributed by atoms with E-state index in [9.17, 15) is 10.2 Å². The minimum Gasteiger partial charge on any atom is -0.394 e. The fourth-order valence-electron chi connectivity index (χ4n) is 1.88. The van der Waals surface area contributed by atoms with Crippen LogP contribution in [0.2, 0.25) is 0 Å². The maximum Gasteiger partial charge on any atom is 0.110 e. The Morgan fingerprint density at radius 3 is 2.40 bits per heavy atom. The van der Waals surface area contributed by atoms with Crippen LogP contribution in [0, 0.1) is 0 Å². The summed E-state index contributed by atoms with van der Waals surface area (Å²) in [6, 6.07) is -0.575. The van der Waals surface area contributed by atoms with Gasteiger partial charge in [-0.3, -0.25) is 0 Å². The number of aliphatic hydroxyl groups excluding tert-OH is 3. The van der Waals surface area contributed by atoms with Crippen molar-refractivity contribution in [2.24, 2.45) is 5.73 Å². The summed E-state index contributed by atoms with van der Waals surface area (Å²) in [7, 11) is 0. The van der Waals surface area contributed by atoms with Gasteiger partial charge in [0.1, 0.15) is 18.3 Å². The van der Waals surface area contributed by atoms with E-state index in [0.717, 1.165) is 19.3 Å². The Labute approximate surface area is 89.9 Å². The molecule has 5 nitrogen and oxygen atoms in total. The first-order chi connectivity index (χ1) is 7.11. The third-order valence-electron chi connectivity index (χ3n) is 2.93. The molecule has 15 heavy (non-hydrogen) atoms. The lowest BCUT2D eigenvalue weighted by molar-refractivity contribution is -0.190. The second kappa shape index (κ2) is 5.77. The van der Waals surface area contributed by atoms with E-state index in [1.165, 1.54) is 0 Å². The van der Waals surface area contributed by atoms with Crippen molar-refractivity contribution in [1.29, 1.82) is 0 Å². The number of rotatable bonds is 4. The Morgan fingerprint density at radius 1 is 1.20 bits per heavy atom. The molecule has 1 heterocycles. The van der Waals surface area contributed by atoms with Crippen LogP contribution in [0.15, 0.2) is 0 Å². The van der Waals surface area contributed by atoms with Gasteiger partial charge in [0.15, 0.2) is 0 Å². The molecule has 0 aromatic carbocycles. The van der Waals surface area contributed by atoms with Gasteiger partial charge in [-0.2, -0.15) is 0 Å². The van der Waals surface area contributed by atoms with E-state index in [2.05, 4.69) is 6.92 Å². The molecule has 5 unspecified atom stereocenters. The van der Waals surface area contributed by atoms with Gasteiger partial charge in [0.2, 0.25) is 0 Å². The molecule has 1 fully saturated rings. The van der Waals surface area contributed by atoms with E-state index < -0.39 is 24.4 Å². The highest BCUT2D eigenvalue weighted by Gasteiger charge is 2.41. The minimum absolute atomic E-state index is 0.277. The summed E-state index contributed by atoms with van der Waals surface area (Å²) < 4.78 is 5.45. The van der Waals surface area contributed by atoms with Crippen molar-refractivity contribution >= 4 is 0 Å². The Hall–Kier alpha value is -0.200. The number of aliphatic hydroxyl groups is 3. The highest BCUT2D eigenvalue weighted by Crippen LogP contribution is 2.22. The summed E-state index contributed by atoms with van der Waals surface area (Å²) in [6.07, 6.45) is -0.380.